The molecular formula is C20H24F3N4O2+. The molecule has 0 aromatic heterocycles. The molecular weight excluding hydrogens is 385 g/mol. The number of nitrogens with zero attached hydrogens (tertiary/aromatic N) is 3. The third kappa shape index (κ3) is 3.95. The number of carbonyl (C=O) groups excluding carboxylic acids is 1. The molecule has 4 rings (SSSR count). The maximum absolute atomic E-state index is 12.9. The number of anilines is 1. The fraction of sp³-hybridized carbons (Fsp3) is 0.550. The van der Waals surface area contributed by atoms with E-state index in [1.807, 2.05) is 4.90 Å². The van der Waals surface area contributed by atoms with Gasteiger partial charge in [0.25, 0.3) is 0 Å². The van der Waals surface area contributed by atoms with E-state index in [0.29, 0.717) is 37.7 Å². The fourth-order valence-corrected chi connectivity index (χ4v) is 4.38. The Morgan fingerprint density at radius 2 is 1.93 bits per heavy atom. The lowest BCUT2D eigenvalue weighted by molar-refractivity contribution is -0.720. The lowest BCUT2D eigenvalue weighted by atomic mass is 10.0. The predicted octanol–water partition coefficient (Wildman–Crippen LogP) is 2.95. The van der Waals surface area contributed by atoms with Crippen LogP contribution in [0, 0.1) is 16.7 Å². The number of alkyl halides is 3. The van der Waals surface area contributed by atoms with Crippen molar-refractivity contribution in [2.75, 3.05) is 24.5 Å². The van der Waals surface area contributed by atoms with E-state index in [1.54, 1.807) is 5.01 Å². The second kappa shape index (κ2) is 7.35. The highest BCUT2D eigenvalue weighted by molar-refractivity contribution is 5.86. The van der Waals surface area contributed by atoms with Crippen molar-refractivity contribution in [2.45, 2.75) is 37.6 Å². The van der Waals surface area contributed by atoms with Crippen LogP contribution in [0.5, 0.6) is 0 Å². The predicted molar refractivity (Wildman–Crippen MR) is 101 cm³/mol. The first kappa shape index (κ1) is 19.7. The monoisotopic (exact) mass is 409 g/mol. The minimum absolute atomic E-state index is 0.0353. The van der Waals surface area contributed by atoms with Crippen LogP contribution in [-0.4, -0.2) is 47.6 Å². The molecule has 2 saturated heterocycles. The second-order valence-electron chi connectivity index (χ2n) is 8.06. The number of hydrogen-bond acceptors (Lipinski definition) is 3. The van der Waals surface area contributed by atoms with Crippen molar-refractivity contribution in [3.63, 3.8) is 0 Å². The van der Waals surface area contributed by atoms with E-state index in [4.69, 9.17) is 0 Å². The van der Waals surface area contributed by atoms with Crippen LogP contribution in [0.2, 0.25) is 0 Å². The Morgan fingerprint density at radius 1 is 1.24 bits per heavy atom. The van der Waals surface area contributed by atoms with E-state index in [0.717, 1.165) is 29.8 Å². The van der Waals surface area contributed by atoms with Gasteiger partial charge in [-0.1, -0.05) is 6.58 Å². The Hall–Kier alpha value is -2.58. The average Bonchev–Trinajstić information content (AvgIpc) is 3.49. The van der Waals surface area contributed by atoms with Gasteiger partial charge in [0.05, 0.1) is 23.4 Å². The number of rotatable bonds is 5. The summed E-state index contributed by atoms with van der Waals surface area (Å²) < 4.78 is 38.8. The molecule has 3 fully saturated rings. The normalized spacial score (nSPS) is 27.0. The third-order valence-corrected chi connectivity index (χ3v) is 6.04. The summed E-state index contributed by atoms with van der Waals surface area (Å²) in [6.45, 7) is 4.86. The molecule has 1 N–H and O–H groups in total. The molecule has 1 saturated carbocycles. The van der Waals surface area contributed by atoms with Gasteiger partial charge < -0.3 is 10.2 Å². The quantitative estimate of drug-likeness (QED) is 0.600. The highest BCUT2D eigenvalue weighted by atomic mass is 19.4. The largest absolute Gasteiger partial charge is 0.416 e. The van der Waals surface area contributed by atoms with E-state index >= 15 is 0 Å². The zero-order chi connectivity index (χ0) is 20.8. The number of nitrogens with one attached hydrogen (secondary N) is 1. The van der Waals surface area contributed by atoms with Crippen molar-refractivity contribution in [2.24, 2.45) is 11.8 Å². The Bertz CT molecular complexity index is 807. The first-order chi connectivity index (χ1) is 13.8. The molecule has 3 aliphatic rings. The van der Waals surface area contributed by atoms with Gasteiger partial charge in [0.2, 0.25) is 11.9 Å². The molecule has 6 nitrogen and oxygen atoms in total. The molecule has 2 heterocycles. The lowest BCUT2D eigenvalue weighted by Crippen LogP contribution is -2.58. The van der Waals surface area contributed by atoms with Crippen LogP contribution in [0.25, 0.3) is 0 Å². The Kier molecular flexibility index (Phi) is 5.00. The molecule has 0 radical (unpaired) electrons. The smallest absolute Gasteiger partial charge is 0.352 e. The first-order valence-corrected chi connectivity index (χ1v) is 9.85. The van der Waals surface area contributed by atoms with Crippen LogP contribution >= 0.6 is 0 Å². The molecule has 3 atom stereocenters. The first-order valence-electron chi connectivity index (χ1n) is 9.85. The van der Waals surface area contributed by atoms with Crippen molar-refractivity contribution < 1.29 is 22.8 Å². The van der Waals surface area contributed by atoms with Crippen LogP contribution in [0.1, 0.15) is 24.8 Å². The zero-order valence-electron chi connectivity index (χ0n) is 15.9. The lowest BCUT2D eigenvalue weighted by Gasteiger charge is -2.40. The number of carbonyl (C=O) groups is 1. The molecule has 156 valence electrons. The number of amides is 1. The molecule has 1 amide bonds. The van der Waals surface area contributed by atoms with E-state index < -0.39 is 11.7 Å². The third-order valence-electron chi connectivity index (χ3n) is 6.04. The molecule has 0 bridgehead atoms. The fourth-order valence-electron chi connectivity index (χ4n) is 4.38. The van der Waals surface area contributed by atoms with Crippen LogP contribution in [-0.2, 0) is 11.0 Å². The number of halogens is 3. The van der Waals surface area contributed by atoms with Gasteiger partial charge >= 0.3 is 6.18 Å². The van der Waals surface area contributed by atoms with Crippen molar-refractivity contribution in [3.05, 3.63) is 47.4 Å². The van der Waals surface area contributed by atoms with Gasteiger partial charge in [-0.05, 0) is 43.2 Å². The molecule has 29 heavy (non-hydrogen) atoms. The standard InChI is InChI=1S/C20H23F3N4O2/c1-2-18(28)24-10-13-11-25(16-7-5-15(6-8-16)20(21,22)23)19-9-17(14-3-4-14)27(29)26(19)12-13/h2,5-8,13-14,17,19H,1,3-4,9-12H2/p+1. The van der Waals surface area contributed by atoms with Gasteiger partial charge in [-0.3, -0.25) is 4.79 Å². The molecule has 0 spiro atoms. The summed E-state index contributed by atoms with van der Waals surface area (Å²) in [4.78, 5) is 27.5. The molecule has 3 unspecified atom stereocenters. The van der Waals surface area contributed by atoms with Crippen LogP contribution < -0.4 is 10.2 Å². The Balaban J connectivity index is 1.58. The van der Waals surface area contributed by atoms with Crippen LogP contribution in [0.15, 0.2) is 36.9 Å². The summed E-state index contributed by atoms with van der Waals surface area (Å²) in [6.07, 6.45) is -0.619. The molecule has 1 aromatic carbocycles. The van der Waals surface area contributed by atoms with Gasteiger partial charge in [0.1, 0.15) is 4.87 Å². The minimum atomic E-state index is -4.39. The van der Waals surface area contributed by atoms with Crippen molar-refractivity contribution in [1.29, 1.82) is 0 Å². The van der Waals surface area contributed by atoms with E-state index in [2.05, 4.69) is 11.9 Å². The maximum Gasteiger partial charge on any atom is 0.416 e. The summed E-state index contributed by atoms with van der Waals surface area (Å²) in [5.74, 6) is 0.0720. The highest BCUT2D eigenvalue weighted by Gasteiger charge is 2.57. The van der Waals surface area contributed by atoms with E-state index in [-0.39, 0.29) is 24.0 Å². The number of fused-ring (bicyclic) bond motifs is 1. The maximum atomic E-state index is 12.9. The van der Waals surface area contributed by atoms with Gasteiger partial charge in [-0.25, -0.2) is 0 Å². The van der Waals surface area contributed by atoms with Gasteiger partial charge in [-0.2, -0.15) is 13.2 Å². The van der Waals surface area contributed by atoms with Crippen LogP contribution in [0.4, 0.5) is 18.9 Å². The average molecular weight is 409 g/mol. The van der Waals surface area contributed by atoms with E-state index in [9.17, 15) is 22.9 Å². The molecule has 1 aliphatic carbocycles. The van der Waals surface area contributed by atoms with Gasteiger partial charge in [-0.15, -0.1) is 5.01 Å². The van der Waals surface area contributed by atoms with Crippen LogP contribution in [0.3, 0.4) is 0 Å². The number of benzene rings is 1. The number of nitroso groups, excluding NO2 is 1. The summed E-state index contributed by atoms with van der Waals surface area (Å²) >= 11 is 0. The van der Waals surface area contributed by atoms with Gasteiger partial charge in [0, 0.05) is 30.6 Å². The summed E-state index contributed by atoms with van der Waals surface area (Å²) in [6, 6.07) is 4.99. The Morgan fingerprint density at radius 3 is 2.52 bits per heavy atom. The number of hydrazine groups is 1. The molecule has 1 aromatic rings. The second-order valence-corrected chi connectivity index (χ2v) is 8.06. The Labute approximate surface area is 166 Å². The topological polar surface area (TPSA) is 55.7 Å². The van der Waals surface area contributed by atoms with Crippen molar-refractivity contribution in [3.8, 4) is 0 Å². The molecule has 2 aliphatic heterocycles. The summed E-state index contributed by atoms with van der Waals surface area (Å²) in [5.41, 5.74) is -0.0461. The van der Waals surface area contributed by atoms with Crippen molar-refractivity contribution >= 4 is 11.6 Å². The summed E-state index contributed by atoms with van der Waals surface area (Å²) in [5, 5.41) is 4.54. The minimum Gasteiger partial charge on any atom is -0.352 e. The van der Waals surface area contributed by atoms with Crippen molar-refractivity contribution in [1.82, 2.24) is 10.3 Å². The van der Waals surface area contributed by atoms with Gasteiger partial charge in [0.15, 0.2) is 6.17 Å². The zero-order valence-corrected chi connectivity index (χ0v) is 15.9. The van der Waals surface area contributed by atoms with E-state index in [1.165, 1.54) is 18.2 Å². The number of hydrogen-bond donors (Lipinski definition) is 1. The SMILES string of the molecule is C=CC(=O)NCC1CN(c2ccc(C(F)(F)F)cc2)C2CC(C3CC3)[N+](=O)N2C1. The summed E-state index contributed by atoms with van der Waals surface area (Å²) in [7, 11) is 0. The highest BCUT2D eigenvalue weighted by Crippen LogP contribution is 2.43. The molecule has 9 heteroatoms.